The molecule has 0 saturated heterocycles. The van der Waals surface area contributed by atoms with Crippen molar-refractivity contribution in [1.82, 2.24) is 0 Å². The maximum atomic E-state index is 10.9. The largest absolute Gasteiger partial charge is 0.305 e. The van der Waals surface area contributed by atoms with Crippen LogP contribution in [0.5, 0.6) is 0 Å². The first-order chi connectivity index (χ1) is 7.66. The summed E-state index contributed by atoms with van der Waals surface area (Å²) in [6.07, 6.45) is 0. The Balaban J connectivity index is 3.66. The molecule has 0 spiro atoms. The molecule has 0 amide bonds. The molecule has 0 aliphatic rings. The topological polar surface area (TPSA) is 159 Å². The number of benzene rings is 1. The van der Waals surface area contributed by atoms with Crippen LogP contribution < -0.4 is 5.84 Å². The average Bonchev–Trinajstić information content (AvgIpc) is 2.15. The predicted molar refractivity (Wildman–Crippen MR) is 54.8 cm³/mol. The van der Waals surface area contributed by atoms with Crippen LogP contribution in [0.2, 0.25) is 0 Å². The molecule has 0 saturated carbocycles. The van der Waals surface area contributed by atoms with Crippen molar-refractivity contribution in [2.75, 3.05) is 0 Å². The van der Waals surface area contributed by atoms with E-state index >= 15 is 0 Å². The van der Waals surface area contributed by atoms with E-state index in [1.54, 1.807) is 0 Å². The van der Waals surface area contributed by atoms with Gasteiger partial charge < -0.3 is 5.84 Å². The lowest BCUT2D eigenvalue weighted by molar-refractivity contribution is 0.466. The van der Waals surface area contributed by atoms with Crippen LogP contribution in [0, 0.1) is 0 Å². The molecule has 0 aromatic heterocycles. The molecular weight excluding hydrogens is 274 g/mol. The van der Waals surface area contributed by atoms with Gasteiger partial charge >= 0.3 is 0 Å². The van der Waals surface area contributed by atoms with E-state index in [-0.39, 0.29) is 5.69 Å². The molecule has 1 aromatic rings. The molecule has 0 atom stereocenters. The van der Waals surface area contributed by atoms with Crippen molar-refractivity contribution in [3.8, 4) is 0 Å². The number of hydrogen-bond acceptors (Lipinski definition) is 6. The summed E-state index contributed by atoms with van der Waals surface area (Å²) >= 11 is 0. The van der Waals surface area contributed by atoms with Gasteiger partial charge in [-0.05, 0) is 18.2 Å². The maximum Gasteiger partial charge on any atom is 0.295 e. The zero-order valence-corrected chi connectivity index (χ0v) is 9.68. The number of hydrogen-bond donors (Lipinski definition) is 3. The van der Waals surface area contributed by atoms with Crippen LogP contribution in [0.3, 0.4) is 0 Å². The summed E-state index contributed by atoms with van der Waals surface area (Å²) in [6, 6.07) is 2.51. The highest BCUT2D eigenvalue weighted by Crippen LogP contribution is 2.25. The molecule has 4 N–H and O–H groups in total. The van der Waals surface area contributed by atoms with Gasteiger partial charge in [0, 0.05) is 0 Å². The fourth-order valence-corrected chi connectivity index (χ4v) is 2.82. The van der Waals surface area contributed by atoms with Crippen LogP contribution in [0.15, 0.2) is 38.3 Å². The van der Waals surface area contributed by atoms with Gasteiger partial charge in [-0.15, -0.1) is 5.11 Å². The first-order valence-corrected chi connectivity index (χ1v) is 6.74. The molecule has 1 aromatic carbocycles. The highest BCUT2D eigenvalue weighted by molar-refractivity contribution is 7.89. The normalized spacial score (nSPS) is 13.1. The van der Waals surface area contributed by atoms with Gasteiger partial charge in [0.2, 0.25) is 0 Å². The van der Waals surface area contributed by atoms with Gasteiger partial charge in [-0.3, -0.25) is 9.11 Å². The van der Waals surface area contributed by atoms with E-state index in [0.717, 1.165) is 12.1 Å². The van der Waals surface area contributed by atoms with Crippen molar-refractivity contribution in [3.05, 3.63) is 18.2 Å². The lowest BCUT2D eigenvalue weighted by Crippen LogP contribution is -2.08. The Morgan fingerprint density at radius 2 is 1.53 bits per heavy atom. The second kappa shape index (κ2) is 4.37. The third kappa shape index (κ3) is 3.20. The number of rotatable bonds is 3. The summed E-state index contributed by atoms with van der Waals surface area (Å²) < 4.78 is 61.2. The summed E-state index contributed by atoms with van der Waals surface area (Å²) in [6.45, 7) is 0. The Bertz CT molecular complexity index is 663. The Kier molecular flexibility index (Phi) is 3.47. The highest BCUT2D eigenvalue weighted by atomic mass is 32.2. The van der Waals surface area contributed by atoms with Crippen molar-refractivity contribution < 1.29 is 25.9 Å². The van der Waals surface area contributed by atoms with Gasteiger partial charge in [0.1, 0.15) is 9.79 Å². The zero-order chi connectivity index (χ0) is 13.3. The molecule has 1 rings (SSSR count). The summed E-state index contributed by atoms with van der Waals surface area (Å²) in [5.41, 5.74) is -0.104. The van der Waals surface area contributed by atoms with Crippen molar-refractivity contribution in [2.45, 2.75) is 9.79 Å². The minimum Gasteiger partial charge on any atom is -0.305 e. The molecule has 0 aliphatic heterocycles. The third-order valence-corrected chi connectivity index (χ3v) is 3.59. The van der Waals surface area contributed by atoms with Gasteiger partial charge in [-0.25, -0.2) is 0 Å². The van der Waals surface area contributed by atoms with Gasteiger partial charge in [-0.2, -0.15) is 16.8 Å². The molecule has 0 bridgehead atoms. The van der Waals surface area contributed by atoms with Gasteiger partial charge in [-0.1, -0.05) is 5.22 Å². The highest BCUT2D eigenvalue weighted by Gasteiger charge is 2.24. The molecule has 0 aliphatic carbocycles. The van der Waals surface area contributed by atoms with Crippen LogP contribution >= 0.6 is 0 Å². The molecular formula is C6H7N3O6S2. The summed E-state index contributed by atoms with van der Waals surface area (Å²) in [5.74, 6) is 4.72. The van der Waals surface area contributed by atoms with Crippen molar-refractivity contribution in [2.24, 2.45) is 16.2 Å². The molecule has 0 unspecified atom stereocenters. The first-order valence-electron chi connectivity index (χ1n) is 3.86. The molecule has 9 nitrogen and oxygen atoms in total. The lowest BCUT2D eigenvalue weighted by atomic mass is 10.3. The van der Waals surface area contributed by atoms with Crippen molar-refractivity contribution in [3.63, 3.8) is 0 Å². The lowest BCUT2D eigenvalue weighted by Gasteiger charge is -2.04. The van der Waals surface area contributed by atoms with E-state index in [0.29, 0.717) is 6.07 Å². The Morgan fingerprint density at radius 1 is 1.00 bits per heavy atom. The predicted octanol–water partition coefficient (Wildman–Crippen LogP) is 0.137. The summed E-state index contributed by atoms with van der Waals surface area (Å²) in [5, 5.41) is 6.11. The van der Waals surface area contributed by atoms with Crippen LogP contribution in [0.25, 0.3) is 0 Å². The third-order valence-electron chi connectivity index (χ3n) is 1.66. The molecule has 94 valence electrons. The molecule has 11 heteroatoms. The summed E-state index contributed by atoms with van der Waals surface area (Å²) in [4.78, 5) is -1.97. The van der Waals surface area contributed by atoms with E-state index in [1.165, 1.54) is 0 Å². The van der Waals surface area contributed by atoms with E-state index in [9.17, 15) is 16.8 Å². The average molecular weight is 281 g/mol. The van der Waals surface area contributed by atoms with Crippen LogP contribution in [-0.4, -0.2) is 25.9 Å². The Hall–Kier alpha value is -1.56. The standard InChI is InChI=1S/C6H7N3O6S2/c7-9-8-4-1-2-5(16(10,11)12)6(3-4)17(13,14)15/h1-3H,(H2,7,8)(H,10,11,12)(H,13,14,15). The van der Waals surface area contributed by atoms with E-state index in [2.05, 4.69) is 10.3 Å². The van der Waals surface area contributed by atoms with Crippen LogP contribution in [-0.2, 0) is 20.2 Å². The second-order valence-electron chi connectivity index (χ2n) is 2.80. The second-order valence-corrected chi connectivity index (χ2v) is 5.58. The van der Waals surface area contributed by atoms with Gasteiger partial charge in [0.15, 0.2) is 0 Å². The number of nitrogens with two attached hydrogens (primary N) is 1. The monoisotopic (exact) mass is 281 g/mol. The maximum absolute atomic E-state index is 10.9. The molecule has 17 heavy (non-hydrogen) atoms. The van der Waals surface area contributed by atoms with Crippen LogP contribution in [0.4, 0.5) is 5.69 Å². The first kappa shape index (κ1) is 13.5. The van der Waals surface area contributed by atoms with Crippen molar-refractivity contribution >= 4 is 25.9 Å². The molecule has 0 heterocycles. The smallest absolute Gasteiger partial charge is 0.295 e. The Morgan fingerprint density at radius 3 is 1.94 bits per heavy atom. The fourth-order valence-electron chi connectivity index (χ4n) is 1.04. The van der Waals surface area contributed by atoms with Crippen molar-refractivity contribution in [1.29, 1.82) is 0 Å². The van der Waals surface area contributed by atoms with Gasteiger partial charge in [0.25, 0.3) is 20.2 Å². The van der Waals surface area contributed by atoms with E-state index in [1.807, 2.05) is 0 Å². The number of nitrogens with zero attached hydrogens (tertiary/aromatic N) is 2. The minimum absolute atomic E-state index is 0.104. The SMILES string of the molecule is NN=Nc1ccc(S(=O)(=O)O)c(S(=O)(=O)O)c1. The van der Waals surface area contributed by atoms with E-state index in [4.69, 9.17) is 14.9 Å². The zero-order valence-electron chi connectivity index (χ0n) is 8.05. The fraction of sp³-hybridized carbons (Fsp3) is 0. The molecule has 0 fully saturated rings. The quantitative estimate of drug-likeness (QED) is 0.307. The minimum atomic E-state index is -4.84. The van der Waals surface area contributed by atoms with Crippen LogP contribution in [0.1, 0.15) is 0 Å². The van der Waals surface area contributed by atoms with Gasteiger partial charge in [0.05, 0.1) is 5.69 Å². The molecule has 0 radical (unpaired) electrons. The Labute approximate surface area is 96.4 Å². The summed E-state index contributed by atoms with van der Waals surface area (Å²) in [7, 11) is -9.63. The van der Waals surface area contributed by atoms with E-state index < -0.39 is 30.0 Å².